The van der Waals surface area contributed by atoms with Crippen LogP contribution < -0.4 is 15.5 Å². The van der Waals surface area contributed by atoms with Crippen LogP contribution in [0.5, 0.6) is 0 Å². The SMILES string of the molecule is CC(C)C[NH+]1CCO[C@H](CNC(=S)Nc2cc([N+](=O)[O-])ccc2Cl)C1. The first-order valence-corrected chi connectivity index (χ1v) is 9.07. The molecule has 3 N–H and O–H groups in total. The van der Waals surface area contributed by atoms with E-state index in [1.54, 1.807) is 0 Å². The molecule has 0 aliphatic carbocycles. The molecule has 1 fully saturated rings. The van der Waals surface area contributed by atoms with Crippen molar-refractivity contribution in [3.8, 4) is 0 Å². The monoisotopic (exact) mass is 387 g/mol. The van der Waals surface area contributed by atoms with Crippen molar-refractivity contribution in [2.45, 2.75) is 20.0 Å². The lowest BCUT2D eigenvalue weighted by Gasteiger charge is -2.31. The first-order valence-electron chi connectivity index (χ1n) is 8.29. The standard InChI is InChI=1S/C16H23ClN4O3S/c1-11(2)9-20-5-6-24-13(10-20)8-18-16(25)19-15-7-12(21(22)23)3-4-14(15)17/h3-4,7,11,13H,5-6,8-10H2,1-2H3,(H2,18,19,25)/p+1/t13-/m1/s1. The maximum Gasteiger partial charge on any atom is 0.271 e. The van der Waals surface area contributed by atoms with E-state index in [1.807, 2.05) is 0 Å². The van der Waals surface area contributed by atoms with Crippen molar-refractivity contribution in [3.63, 3.8) is 0 Å². The number of hydrogen-bond acceptors (Lipinski definition) is 4. The summed E-state index contributed by atoms with van der Waals surface area (Å²) in [6.45, 7) is 8.86. The van der Waals surface area contributed by atoms with Crippen molar-refractivity contribution in [1.29, 1.82) is 0 Å². The zero-order valence-corrected chi connectivity index (χ0v) is 16.0. The van der Waals surface area contributed by atoms with Gasteiger partial charge in [0.25, 0.3) is 5.69 Å². The van der Waals surface area contributed by atoms with Crippen molar-refractivity contribution in [1.82, 2.24) is 5.32 Å². The maximum atomic E-state index is 10.9. The molecule has 0 saturated carbocycles. The molecule has 9 heteroatoms. The van der Waals surface area contributed by atoms with E-state index in [0.717, 1.165) is 26.2 Å². The fourth-order valence-electron chi connectivity index (χ4n) is 2.84. The fraction of sp³-hybridized carbons (Fsp3) is 0.562. The fourth-order valence-corrected chi connectivity index (χ4v) is 3.20. The van der Waals surface area contributed by atoms with Gasteiger partial charge in [0, 0.05) is 24.6 Å². The third kappa shape index (κ3) is 6.39. The van der Waals surface area contributed by atoms with Gasteiger partial charge in [-0.2, -0.15) is 0 Å². The molecule has 25 heavy (non-hydrogen) atoms. The van der Waals surface area contributed by atoms with Crippen LogP contribution >= 0.6 is 23.8 Å². The van der Waals surface area contributed by atoms with Crippen molar-refractivity contribution >= 4 is 40.3 Å². The zero-order valence-electron chi connectivity index (χ0n) is 14.4. The van der Waals surface area contributed by atoms with Gasteiger partial charge < -0.3 is 20.3 Å². The number of halogens is 1. The van der Waals surface area contributed by atoms with Crippen molar-refractivity contribution in [2.75, 3.05) is 38.1 Å². The van der Waals surface area contributed by atoms with E-state index in [2.05, 4.69) is 24.5 Å². The highest BCUT2D eigenvalue weighted by atomic mass is 35.5. The predicted molar refractivity (Wildman–Crippen MR) is 102 cm³/mol. The van der Waals surface area contributed by atoms with Crippen LogP contribution in [0, 0.1) is 16.0 Å². The average molecular weight is 388 g/mol. The van der Waals surface area contributed by atoms with Crippen LogP contribution in [0.25, 0.3) is 0 Å². The lowest BCUT2D eigenvalue weighted by Crippen LogP contribution is -3.15. The summed E-state index contributed by atoms with van der Waals surface area (Å²) >= 11 is 11.3. The van der Waals surface area contributed by atoms with Crippen LogP contribution in [-0.4, -0.2) is 48.9 Å². The van der Waals surface area contributed by atoms with Crippen LogP contribution in [-0.2, 0) is 4.74 Å². The summed E-state index contributed by atoms with van der Waals surface area (Å²) < 4.78 is 5.78. The molecule has 0 amide bonds. The van der Waals surface area contributed by atoms with E-state index in [4.69, 9.17) is 28.6 Å². The van der Waals surface area contributed by atoms with Crippen LogP contribution in [0.1, 0.15) is 13.8 Å². The van der Waals surface area contributed by atoms with E-state index < -0.39 is 4.92 Å². The average Bonchev–Trinajstić information content (AvgIpc) is 2.54. The molecule has 2 rings (SSSR count). The number of ether oxygens (including phenoxy) is 1. The predicted octanol–water partition coefficient (Wildman–Crippen LogP) is 1.47. The van der Waals surface area contributed by atoms with Crippen molar-refractivity contribution in [3.05, 3.63) is 33.3 Å². The summed E-state index contributed by atoms with van der Waals surface area (Å²) in [6, 6.07) is 4.19. The summed E-state index contributed by atoms with van der Waals surface area (Å²) in [7, 11) is 0. The van der Waals surface area contributed by atoms with Gasteiger partial charge in [0.1, 0.15) is 19.2 Å². The third-order valence-corrected chi connectivity index (χ3v) is 4.50. The highest BCUT2D eigenvalue weighted by molar-refractivity contribution is 7.80. The molecule has 2 atom stereocenters. The van der Waals surface area contributed by atoms with E-state index >= 15 is 0 Å². The molecular formula is C16H24ClN4O3S+. The number of benzene rings is 1. The Kier molecular flexibility index (Phi) is 7.37. The van der Waals surface area contributed by atoms with Crippen molar-refractivity contribution < 1.29 is 14.6 Å². The molecule has 1 unspecified atom stereocenters. The van der Waals surface area contributed by atoms with Gasteiger partial charge in [-0.3, -0.25) is 10.1 Å². The summed E-state index contributed by atoms with van der Waals surface area (Å²) in [6.07, 6.45) is 0.0860. The van der Waals surface area contributed by atoms with E-state index in [-0.39, 0.29) is 11.8 Å². The van der Waals surface area contributed by atoms with Crippen LogP contribution in [0.3, 0.4) is 0 Å². The normalized spacial score (nSPS) is 20.3. The Morgan fingerprint density at radius 2 is 2.32 bits per heavy atom. The van der Waals surface area contributed by atoms with Gasteiger partial charge >= 0.3 is 0 Å². The molecule has 1 aliphatic heterocycles. The Labute approximate surface area is 157 Å². The first kappa shape index (κ1) is 19.8. The number of anilines is 1. The number of rotatable bonds is 6. The van der Waals surface area contributed by atoms with Gasteiger partial charge in [-0.05, 0) is 18.3 Å². The minimum absolute atomic E-state index is 0.0433. The second kappa shape index (κ2) is 9.28. The summed E-state index contributed by atoms with van der Waals surface area (Å²) in [4.78, 5) is 11.9. The quantitative estimate of drug-likeness (QED) is 0.389. The summed E-state index contributed by atoms with van der Waals surface area (Å²) in [5.41, 5.74) is 0.364. The molecule has 0 bridgehead atoms. The molecular weight excluding hydrogens is 364 g/mol. The van der Waals surface area contributed by atoms with E-state index in [1.165, 1.54) is 23.1 Å². The van der Waals surface area contributed by atoms with Crippen molar-refractivity contribution in [2.24, 2.45) is 5.92 Å². The summed E-state index contributed by atoms with van der Waals surface area (Å²) in [5.74, 6) is 0.653. The molecule has 1 aromatic carbocycles. The highest BCUT2D eigenvalue weighted by Gasteiger charge is 2.24. The van der Waals surface area contributed by atoms with Crippen LogP contribution in [0.4, 0.5) is 11.4 Å². The Morgan fingerprint density at radius 3 is 3.00 bits per heavy atom. The van der Waals surface area contributed by atoms with Gasteiger partial charge in [-0.15, -0.1) is 0 Å². The zero-order chi connectivity index (χ0) is 18.4. The number of nitrogens with zero attached hydrogens (tertiary/aromatic N) is 1. The largest absolute Gasteiger partial charge is 0.365 e. The number of nitro benzene ring substituents is 1. The number of morpholine rings is 1. The molecule has 1 aliphatic rings. The van der Waals surface area contributed by atoms with E-state index in [0.29, 0.717) is 28.3 Å². The van der Waals surface area contributed by atoms with Crippen LogP contribution in [0.2, 0.25) is 5.02 Å². The molecule has 1 aromatic rings. The molecule has 0 spiro atoms. The maximum absolute atomic E-state index is 10.9. The van der Waals surface area contributed by atoms with Gasteiger partial charge in [-0.1, -0.05) is 25.4 Å². The molecule has 0 aromatic heterocycles. The highest BCUT2D eigenvalue weighted by Crippen LogP contribution is 2.26. The second-order valence-corrected chi connectivity index (χ2v) is 7.37. The lowest BCUT2D eigenvalue weighted by atomic mass is 10.2. The number of quaternary nitrogens is 1. The topological polar surface area (TPSA) is 80.9 Å². The third-order valence-electron chi connectivity index (χ3n) is 3.92. The van der Waals surface area contributed by atoms with Gasteiger partial charge in [-0.25, -0.2) is 0 Å². The van der Waals surface area contributed by atoms with Crippen LogP contribution in [0.15, 0.2) is 18.2 Å². The molecule has 1 heterocycles. The Morgan fingerprint density at radius 1 is 1.56 bits per heavy atom. The van der Waals surface area contributed by atoms with Gasteiger partial charge in [0.2, 0.25) is 0 Å². The molecule has 7 nitrogen and oxygen atoms in total. The molecule has 0 radical (unpaired) electrons. The smallest absolute Gasteiger partial charge is 0.271 e. The van der Waals surface area contributed by atoms with Gasteiger partial charge in [0.15, 0.2) is 5.11 Å². The second-order valence-electron chi connectivity index (χ2n) is 6.55. The lowest BCUT2D eigenvalue weighted by molar-refractivity contribution is -0.914. The number of non-ortho nitro benzene ring substituents is 1. The number of nitrogens with one attached hydrogen (secondary N) is 3. The first-order chi connectivity index (χ1) is 11.8. The number of hydrogen-bond donors (Lipinski definition) is 3. The molecule has 1 saturated heterocycles. The van der Waals surface area contributed by atoms with Gasteiger partial charge in [0.05, 0.1) is 28.8 Å². The minimum Gasteiger partial charge on any atom is -0.365 e. The Hall–Kier alpha value is -1.48. The number of thiocarbonyl (C=S) groups is 1. The molecule has 138 valence electrons. The number of nitro groups is 1. The Balaban J connectivity index is 1.84. The van der Waals surface area contributed by atoms with E-state index in [9.17, 15) is 10.1 Å². The summed E-state index contributed by atoms with van der Waals surface area (Å²) in [5, 5.41) is 17.6. The Bertz CT molecular complexity index is 629. The minimum atomic E-state index is -0.472.